The van der Waals surface area contributed by atoms with Gasteiger partial charge in [0.1, 0.15) is 12.6 Å². The molecule has 2 heterocycles. The monoisotopic (exact) mass is 337 g/mol. The largest absolute Gasteiger partial charge is 0.338 e. The van der Waals surface area contributed by atoms with Crippen LogP contribution in [0.25, 0.3) is 43.8 Å². The van der Waals surface area contributed by atoms with Gasteiger partial charge in [-0.2, -0.15) is 4.57 Å². The first-order chi connectivity index (χ1) is 12.7. The Morgan fingerprint density at radius 2 is 1.58 bits per heavy atom. The molecule has 3 aromatic carbocycles. The number of rotatable bonds is 1. The zero-order chi connectivity index (χ0) is 17.8. The van der Waals surface area contributed by atoms with Gasteiger partial charge < -0.3 is 4.57 Å². The fourth-order valence-corrected chi connectivity index (χ4v) is 4.27. The number of hydrogen-bond acceptors (Lipinski definition) is 0. The average molecular weight is 337 g/mol. The first-order valence-corrected chi connectivity index (χ1v) is 9.01. The summed E-state index contributed by atoms with van der Waals surface area (Å²) in [6.45, 7) is 2.19. The van der Waals surface area contributed by atoms with Gasteiger partial charge in [-0.25, -0.2) is 0 Å². The minimum Gasteiger partial charge on any atom is -0.338 e. The van der Waals surface area contributed by atoms with Crippen molar-refractivity contribution in [3.8, 4) is 11.3 Å². The highest BCUT2D eigenvalue weighted by Gasteiger charge is 2.22. The summed E-state index contributed by atoms with van der Waals surface area (Å²) in [7, 11) is 4.32. The molecule has 0 saturated heterocycles. The lowest BCUT2D eigenvalue weighted by molar-refractivity contribution is -0.659. The Kier molecular flexibility index (Phi) is 3.17. The van der Waals surface area contributed by atoms with Crippen molar-refractivity contribution < 1.29 is 4.57 Å². The van der Waals surface area contributed by atoms with E-state index < -0.39 is 0 Å². The van der Waals surface area contributed by atoms with Crippen molar-refractivity contribution in [1.29, 1.82) is 0 Å². The molecule has 0 radical (unpaired) electrons. The molecule has 0 atom stereocenters. The second-order valence-corrected chi connectivity index (χ2v) is 7.09. The molecule has 0 fully saturated rings. The van der Waals surface area contributed by atoms with Gasteiger partial charge in [0.15, 0.2) is 6.20 Å². The van der Waals surface area contributed by atoms with Crippen LogP contribution in [0.4, 0.5) is 0 Å². The molecule has 0 aliphatic carbocycles. The van der Waals surface area contributed by atoms with Crippen LogP contribution in [-0.2, 0) is 14.1 Å². The summed E-state index contributed by atoms with van der Waals surface area (Å²) >= 11 is 0. The van der Waals surface area contributed by atoms with Crippen molar-refractivity contribution in [1.82, 2.24) is 4.57 Å². The van der Waals surface area contributed by atoms with Gasteiger partial charge in [0.25, 0.3) is 0 Å². The molecule has 2 nitrogen and oxygen atoms in total. The van der Waals surface area contributed by atoms with E-state index in [1.54, 1.807) is 0 Å². The fourth-order valence-electron chi connectivity index (χ4n) is 4.27. The van der Waals surface area contributed by atoms with Gasteiger partial charge in [0, 0.05) is 29.4 Å². The molecule has 2 aromatic heterocycles. The highest BCUT2D eigenvalue weighted by Crippen LogP contribution is 2.37. The molecule has 0 unspecified atom stereocenters. The molecule has 0 bridgehead atoms. The minimum atomic E-state index is 1.27. The number of fused-ring (bicyclic) bond motifs is 5. The van der Waals surface area contributed by atoms with Gasteiger partial charge >= 0.3 is 0 Å². The second kappa shape index (κ2) is 5.43. The molecule has 126 valence electrons. The number of pyridine rings is 1. The van der Waals surface area contributed by atoms with Crippen LogP contribution >= 0.6 is 0 Å². The van der Waals surface area contributed by atoms with E-state index in [0.717, 1.165) is 0 Å². The Balaban J connectivity index is 2.04. The van der Waals surface area contributed by atoms with Crippen molar-refractivity contribution in [3.63, 3.8) is 0 Å². The molecule has 0 aliphatic rings. The average Bonchev–Trinajstić information content (AvgIpc) is 2.95. The zero-order valence-corrected chi connectivity index (χ0v) is 15.3. The van der Waals surface area contributed by atoms with Gasteiger partial charge in [-0.15, -0.1) is 0 Å². The number of benzene rings is 3. The lowest BCUT2D eigenvalue weighted by atomic mass is 10.0. The van der Waals surface area contributed by atoms with Crippen LogP contribution in [0, 0.1) is 6.92 Å². The number of hydrogen-bond donors (Lipinski definition) is 0. The topological polar surface area (TPSA) is 8.81 Å². The number of nitrogens with zero attached hydrogens (tertiary/aromatic N) is 2. The first kappa shape index (κ1) is 15.2. The normalized spacial score (nSPS) is 11.7. The van der Waals surface area contributed by atoms with Gasteiger partial charge in [-0.3, -0.25) is 0 Å². The van der Waals surface area contributed by atoms with E-state index in [9.17, 15) is 0 Å². The SMILES string of the molecule is Cc1ccccc1-c1c2c(cc[n+]1C)c1c3ccccc3ccc1n2C. The Morgan fingerprint density at radius 3 is 2.42 bits per heavy atom. The number of aryl methyl sites for hydroxylation is 3. The van der Waals surface area contributed by atoms with E-state index in [-0.39, 0.29) is 0 Å². The van der Waals surface area contributed by atoms with Crippen molar-refractivity contribution in [2.24, 2.45) is 14.1 Å². The van der Waals surface area contributed by atoms with E-state index in [0.29, 0.717) is 0 Å². The summed E-state index contributed by atoms with van der Waals surface area (Å²) < 4.78 is 4.59. The molecule has 26 heavy (non-hydrogen) atoms. The Morgan fingerprint density at radius 1 is 0.808 bits per heavy atom. The predicted octanol–water partition coefficient (Wildman–Crippen LogP) is 5.28. The Labute approximate surface area is 152 Å². The summed E-state index contributed by atoms with van der Waals surface area (Å²) in [5.74, 6) is 0. The summed E-state index contributed by atoms with van der Waals surface area (Å²) in [5, 5.41) is 5.27. The summed E-state index contributed by atoms with van der Waals surface area (Å²) in [6, 6.07) is 24.0. The van der Waals surface area contributed by atoms with Gasteiger partial charge in [-0.1, -0.05) is 48.5 Å². The summed E-state index contributed by atoms with van der Waals surface area (Å²) in [4.78, 5) is 0. The maximum atomic E-state index is 2.35. The predicted molar refractivity (Wildman–Crippen MR) is 109 cm³/mol. The Hall–Kier alpha value is -3.13. The molecule has 2 heteroatoms. The summed E-state index contributed by atoms with van der Waals surface area (Å²) in [5.41, 5.74) is 6.42. The third kappa shape index (κ3) is 1.96. The van der Waals surface area contributed by atoms with Crippen LogP contribution in [0.3, 0.4) is 0 Å². The van der Waals surface area contributed by atoms with Crippen LogP contribution in [0.2, 0.25) is 0 Å². The molecule has 5 aromatic rings. The maximum Gasteiger partial charge on any atom is 0.237 e. The molecule has 0 aliphatic heterocycles. The van der Waals surface area contributed by atoms with Gasteiger partial charge in [0.2, 0.25) is 5.69 Å². The molecule has 0 spiro atoms. The lowest BCUT2D eigenvalue weighted by Crippen LogP contribution is -2.31. The van der Waals surface area contributed by atoms with Crippen LogP contribution in [0.5, 0.6) is 0 Å². The van der Waals surface area contributed by atoms with Crippen LogP contribution in [-0.4, -0.2) is 4.57 Å². The van der Waals surface area contributed by atoms with Gasteiger partial charge in [0.05, 0.1) is 5.56 Å². The quantitative estimate of drug-likeness (QED) is 0.368. The van der Waals surface area contributed by atoms with Crippen LogP contribution in [0.15, 0.2) is 72.9 Å². The zero-order valence-electron chi connectivity index (χ0n) is 15.3. The highest BCUT2D eigenvalue weighted by atomic mass is 15.0. The van der Waals surface area contributed by atoms with Crippen LogP contribution < -0.4 is 4.57 Å². The lowest BCUT2D eigenvalue weighted by Gasteiger charge is -2.07. The molecular formula is C24H21N2+. The van der Waals surface area contributed by atoms with Crippen LogP contribution in [0.1, 0.15) is 5.56 Å². The molecule has 0 N–H and O–H groups in total. The molecule has 0 saturated carbocycles. The fraction of sp³-hybridized carbons (Fsp3) is 0.125. The van der Waals surface area contributed by atoms with Crippen molar-refractivity contribution in [2.45, 2.75) is 6.92 Å². The van der Waals surface area contributed by atoms with Crippen molar-refractivity contribution >= 4 is 32.6 Å². The molecule has 0 amide bonds. The second-order valence-electron chi connectivity index (χ2n) is 7.09. The maximum absolute atomic E-state index is 2.35. The van der Waals surface area contributed by atoms with Crippen molar-refractivity contribution in [3.05, 3.63) is 78.5 Å². The van der Waals surface area contributed by atoms with E-state index in [2.05, 4.69) is 103 Å². The molecule has 5 rings (SSSR count). The summed E-state index contributed by atoms with van der Waals surface area (Å²) in [6.07, 6.45) is 2.19. The number of aromatic nitrogens is 2. The first-order valence-electron chi connectivity index (χ1n) is 9.01. The minimum absolute atomic E-state index is 1.27. The third-order valence-electron chi connectivity index (χ3n) is 5.57. The van der Waals surface area contributed by atoms with E-state index in [1.807, 2.05) is 0 Å². The standard InChI is InChI=1S/C24H21N2/c1-16-8-4-6-10-18(16)23-24-20(14-15-25(23)2)22-19-11-7-5-9-17(19)12-13-21(22)26(24)3/h4-15H,1-3H3/q+1. The molecular weight excluding hydrogens is 316 g/mol. The van der Waals surface area contributed by atoms with E-state index in [4.69, 9.17) is 0 Å². The van der Waals surface area contributed by atoms with E-state index >= 15 is 0 Å². The smallest absolute Gasteiger partial charge is 0.237 e. The van der Waals surface area contributed by atoms with E-state index in [1.165, 1.54) is 49.4 Å². The Bertz CT molecular complexity index is 1310. The third-order valence-corrected chi connectivity index (χ3v) is 5.57. The van der Waals surface area contributed by atoms with Crippen molar-refractivity contribution in [2.75, 3.05) is 0 Å². The highest BCUT2D eigenvalue weighted by molar-refractivity contribution is 6.22. The van der Waals surface area contributed by atoms with Gasteiger partial charge in [-0.05, 0) is 35.4 Å².